The van der Waals surface area contributed by atoms with E-state index in [-0.39, 0.29) is 41.9 Å². The number of carbonyl (C=O) groups is 2. The zero-order valence-corrected chi connectivity index (χ0v) is 24.2. The fourth-order valence-electron chi connectivity index (χ4n) is 3.98. The summed E-state index contributed by atoms with van der Waals surface area (Å²) in [6.07, 6.45) is 0. The maximum absolute atomic E-state index is 13.3. The molecule has 0 heterocycles. The Hall–Kier alpha value is -4.41. The lowest BCUT2D eigenvalue weighted by Crippen LogP contribution is -2.48. The zero-order valence-electron chi connectivity index (χ0n) is 22.7. The molecule has 218 valence electrons. The van der Waals surface area contributed by atoms with Crippen molar-refractivity contribution in [3.63, 3.8) is 0 Å². The molecule has 0 aliphatic carbocycles. The third kappa shape index (κ3) is 8.55. The molecule has 8 nitrogen and oxygen atoms in total. The van der Waals surface area contributed by atoms with Crippen LogP contribution in [0.2, 0.25) is 5.02 Å². The predicted molar refractivity (Wildman–Crippen MR) is 159 cm³/mol. The molecular formula is C31H29ClFN3O5S. The fraction of sp³-hybridized carbons (Fsp3) is 0.161. The van der Waals surface area contributed by atoms with Crippen molar-refractivity contribution < 1.29 is 27.1 Å². The molecule has 0 radical (unpaired) electrons. The van der Waals surface area contributed by atoms with E-state index in [9.17, 15) is 22.4 Å². The third-order valence-electron chi connectivity index (χ3n) is 6.34. The van der Waals surface area contributed by atoms with E-state index in [0.717, 1.165) is 23.3 Å². The van der Waals surface area contributed by atoms with Crippen LogP contribution in [0.1, 0.15) is 18.1 Å². The Bertz CT molecular complexity index is 1600. The van der Waals surface area contributed by atoms with Crippen LogP contribution in [0.3, 0.4) is 0 Å². The number of amides is 2. The molecule has 0 aromatic heterocycles. The van der Waals surface area contributed by atoms with Crippen LogP contribution in [0.25, 0.3) is 0 Å². The summed E-state index contributed by atoms with van der Waals surface area (Å²) in [5, 5.41) is 3.45. The predicted octanol–water partition coefficient (Wildman–Crippen LogP) is 5.39. The van der Waals surface area contributed by atoms with Crippen molar-refractivity contribution in [2.45, 2.75) is 31.0 Å². The van der Waals surface area contributed by atoms with Gasteiger partial charge in [0.05, 0.1) is 4.90 Å². The first kappa shape index (κ1) is 30.5. The lowest BCUT2D eigenvalue weighted by molar-refractivity contribution is -0.142. The maximum atomic E-state index is 13.3. The standard InChI is InChI=1S/C31H29ClFN3O5S/c1-22(31(38)34-19-23-7-9-25(32)10-8-23)36(20-24-5-3-2-4-6-24)30(37)21-41-28-15-17-29(18-16-28)42(39,40)35-27-13-11-26(33)12-14-27/h2-18,22,35H,19-21H2,1H3,(H,34,38). The quantitative estimate of drug-likeness (QED) is 0.224. The molecule has 42 heavy (non-hydrogen) atoms. The molecule has 2 N–H and O–H groups in total. The first-order valence-electron chi connectivity index (χ1n) is 13.0. The summed E-state index contributed by atoms with van der Waals surface area (Å²) >= 11 is 5.93. The van der Waals surface area contributed by atoms with Gasteiger partial charge in [-0.15, -0.1) is 0 Å². The normalized spacial score (nSPS) is 11.8. The van der Waals surface area contributed by atoms with Crippen LogP contribution in [0.15, 0.2) is 108 Å². The maximum Gasteiger partial charge on any atom is 0.261 e. The van der Waals surface area contributed by atoms with Gasteiger partial charge in [0.2, 0.25) is 5.91 Å². The van der Waals surface area contributed by atoms with Gasteiger partial charge in [0, 0.05) is 23.8 Å². The minimum absolute atomic E-state index is 0.0396. The number of hydrogen-bond donors (Lipinski definition) is 2. The first-order valence-corrected chi connectivity index (χ1v) is 14.8. The van der Waals surface area contributed by atoms with Crippen molar-refractivity contribution in [3.8, 4) is 5.75 Å². The molecule has 0 fully saturated rings. The van der Waals surface area contributed by atoms with Gasteiger partial charge in [-0.2, -0.15) is 0 Å². The molecule has 11 heteroatoms. The number of hydrogen-bond acceptors (Lipinski definition) is 5. The average molecular weight is 610 g/mol. The molecular weight excluding hydrogens is 581 g/mol. The van der Waals surface area contributed by atoms with E-state index in [1.54, 1.807) is 19.1 Å². The van der Waals surface area contributed by atoms with Gasteiger partial charge >= 0.3 is 0 Å². The number of halogens is 2. The largest absolute Gasteiger partial charge is 0.484 e. The molecule has 4 rings (SSSR count). The van der Waals surface area contributed by atoms with E-state index >= 15 is 0 Å². The van der Waals surface area contributed by atoms with Crippen molar-refractivity contribution in [2.24, 2.45) is 0 Å². The highest BCUT2D eigenvalue weighted by Crippen LogP contribution is 2.20. The second-order valence-electron chi connectivity index (χ2n) is 9.40. The van der Waals surface area contributed by atoms with Crippen molar-refractivity contribution in [1.29, 1.82) is 0 Å². The summed E-state index contributed by atoms with van der Waals surface area (Å²) in [6, 6.07) is 26.0. The fourth-order valence-corrected chi connectivity index (χ4v) is 5.16. The van der Waals surface area contributed by atoms with Crippen molar-refractivity contribution in [1.82, 2.24) is 10.2 Å². The Kier molecular flexibility index (Phi) is 10.2. The van der Waals surface area contributed by atoms with Gasteiger partial charge in [0.25, 0.3) is 15.9 Å². The Morgan fingerprint density at radius 2 is 1.52 bits per heavy atom. The summed E-state index contributed by atoms with van der Waals surface area (Å²) in [4.78, 5) is 27.7. The molecule has 4 aromatic carbocycles. The molecule has 1 unspecified atom stereocenters. The molecule has 2 amide bonds. The van der Waals surface area contributed by atoms with Gasteiger partial charge in [-0.25, -0.2) is 12.8 Å². The lowest BCUT2D eigenvalue weighted by atomic mass is 10.1. The minimum atomic E-state index is -3.92. The second-order valence-corrected chi connectivity index (χ2v) is 11.5. The Balaban J connectivity index is 1.40. The number of anilines is 1. The monoisotopic (exact) mass is 609 g/mol. The van der Waals surface area contributed by atoms with Gasteiger partial charge in [-0.1, -0.05) is 54.1 Å². The SMILES string of the molecule is CC(C(=O)NCc1ccc(Cl)cc1)N(Cc1ccccc1)C(=O)COc1ccc(S(=O)(=O)Nc2ccc(F)cc2)cc1. The van der Waals surface area contributed by atoms with Crippen LogP contribution in [-0.2, 0) is 32.7 Å². The third-order valence-corrected chi connectivity index (χ3v) is 7.98. The molecule has 0 saturated heterocycles. The van der Waals surface area contributed by atoms with Crippen LogP contribution in [0, 0.1) is 5.82 Å². The van der Waals surface area contributed by atoms with E-state index in [0.29, 0.717) is 5.02 Å². The molecule has 0 spiro atoms. The number of benzene rings is 4. The zero-order chi connectivity index (χ0) is 30.1. The van der Waals surface area contributed by atoms with Crippen LogP contribution in [0.4, 0.5) is 10.1 Å². The summed E-state index contributed by atoms with van der Waals surface area (Å²) in [5.41, 5.74) is 1.92. The Morgan fingerprint density at radius 1 is 0.881 bits per heavy atom. The van der Waals surface area contributed by atoms with Gasteiger partial charge in [-0.05, 0) is 78.7 Å². The molecule has 0 aliphatic rings. The molecule has 1 atom stereocenters. The van der Waals surface area contributed by atoms with E-state index in [1.165, 1.54) is 41.3 Å². The number of ether oxygens (including phenoxy) is 1. The molecule has 0 saturated carbocycles. The number of carbonyl (C=O) groups excluding carboxylic acids is 2. The van der Waals surface area contributed by atoms with Crippen LogP contribution < -0.4 is 14.8 Å². The highest BCUT2D eigenvalue weighted by atomic mass is 35.5. The topological polar surface area (TPSA) is 105 Å². The molecule has 0 bridgehead atoms. The number of nitrogens with one attached hydrogen (secondary N) is 2. The summed E-state index contributed by atoms with van der Waals surface area (Å²) in [7, 11) is -3.92. The smallest absolute Gasteiger partial charge is 0.261 e. The van der Waals surface area contributed by atoms with Gasteiger partial charge < -0.3 is 15.0 Å². The van der Waals surface area contributed by atoms with Gasteiger partial charge in [0.15, 0.2) is 6.61 Å². The van der Waals surface area contributed by atoms with E-state index in [4.69, 9.17) is 16.3 Å². The van der Waals surface area contributed by atoms with Gasteiger partial charge in [-0.3, -0.25) is 14.3 Å². The van der Waals surface area contributed by atoms with E-state index in [1.807, 2.05) is 42.5 Å². The van der Waals surface area contributed by atoms with Crippen LogP contribution >= 0.6 is 11.6 Å². The lowest BCUT2D eigenvalue weighted by Gasteiger charge is -2.28. The van der Waals surface area contributed by atoms with Crippen molar-refractivity contribution in [3.05, 3.63) is 125 Å². The van der Waals surface area contributed by atoms with Crippen LogP contribution in [0.5, 0.6) is 5.75 Å². The number of sulfonamides is 1. The van der Waals surface area contributed by atoms with Crippen molar-refractivity contribution in [2.75, 3.05) is 11.3 Å². The van der Waals surface area contributed by atoms with Crippen LogP contribution in [-0.4, -0.2) is 37.8 Å². The highest BCUT2D eigenvalue weighted by Gasteiger charge is 2.26. The number of nitrogens with zero attached hydrogens (tertiary/aromatic N) is 1. The summed E-state index contributed by atoms with van der Waals surface area (Å²) < 4.78 is 46.5. The number of rotatable bonds is 12. The highest BCUT2D eigenvalue weighted by molar-refractivity contribution is 7.92. The summed E-state index contributed by atoms with van der Waals surface area (Å²) in [5.74, 6) is -0.979. The average Bonchev–Trinajstić information content (AvgIpc) is 2.99. The minimum Gasteiger partial charge on any atom is -0.484 e. The first-order chi connectivity index (χ1) is 20.1. The van der Waals surface area contributed by atoms with Crippen molar-refractivity contribution >= 4 is 39.1 Å². The summed E-state index contributed by atoms with van der Waals surface area (Å²) in [6.45, 7) is 1.73. The van der Waals surface area contributed by atoms with Gasteiger partial charge in [0.1, 0.15) is 17.6 Å². The van der Waals surface area contributed by atoms with E-state index in [2.05, 4.69) is 10.0 Å². The Morgan fingerprint density at radius 3 is 2.17 bits per heavy atom. The Labute approximate surface area is 249 Å². The van der Waals surface area contributed by atoms with E-state index < -0.39 is 27.8 Å². The second kappa shape index (κ2) is 14.0. The molecule has 0 aliphatic heterocycles. The molecule has 4 aromatic rings.